The Morgan fingerprint density at radius 1 is 1.02 bits per heavy atom. The maximum Gasteiger partial charge on any atom is 0.407 e. The van der Waals surface area contributed by atoms with Crippen molar-refractivity contribution in [2.75, 3.05) is 20.6 Å². The fraction of sp³-hybridized carbons (Fsp3) is 0.667. The Kier molecular flexibility index (Phi) is 26.5. The molecular formula is C36H62ClN5O5S. The van der Waals surface area contributed by atoms with Crippen LogP contribution in [0.1, 0.15) is 110 Å². The van der Waals surface area contributed by atoms with Gasteiger partial charge in [0.25, 0.3) is 0 Å². The van der Waals surface area contributed by atoms with Gasteiger partial charge in [0.2, 0.25) is 18.7 Å². The Hall–Kier alpha value is -2.76. The Balaban J connectivity index is 0.000000693. The first-order valence-electron chi connectivity index (χ1n) is 17.6. The van der Waals surface area contributed by atoms with Crippen LogP contribution in [0, 0.1) is 5.92 Å². The number of carboxylic acid groups (broad SMARTS) is 1. The van der Waals surface area contributed by atoms with E-state index in [0.717, 1.165) is 74.3 Å². The molecule has 0 radical (unpaired) electrons. The zero-order valence-electron chi connectivity index (χ0n) is 30.3. The zero-order valence-corrected chi connectivity index (χ0v) is 31.9. The third kappa shape index (κ3) is 19.3. The number of benzene rings is 1. The molecule has 1 aromatic carbocycles. The van der Waals surface area contributed by atoms with Gasteiger partial charge in [-0.25, -0.2) is 4.79 Å². The van der Waals surface area contributed by atoms with E-state index in [1.807, 2.05) is 58.8 Å². The van der Waals surface area contributed by atoms with E-state index >= 15 is 0 Å². The van der Waals surface area contributed by atoms with Crippen molar-refractivity contribution in [2.45, 2.75) is 129 Å². The number of allylic oxidation sites excluding steroid dienone is 1. The van der Waals surface area contributed by atoms with Gasteiger partial charge in [-0.2, -0.15) is 0 Å². The van der Waals surface area contributed by atoms with Crippen molar-refractivity contribution in [1.82, 2.24) is 25.2 Å². The molecule has 3 atom stereocenters. The van der Waals surface area contributed by atoms with Gasteiger partial charge in [0.1, 0.15) is 0 Å². The number of amides is 4. The SMILES string of the molecule is CC.CC.CC1CCCN1C(=O)CCCCC/C=C\[C@@H]1CC1NC=O.CNC.O=C(O)N1Cc2cccc(Cl)c2C1.O=CNSC1CC1. The van der Waals surface area contributed by atoms with E-state index in [-0.39, 0.29) is 0 Å². The standard InChI is InChI=1S/C17H28N2O2.C9H8ClNO2.C4H7NOS.C2H7N.2C2H6/c1-14-8-7-11-19(14)17(21)10-6-4-2-3-5-9-15-12-16(15)18-13-20;10-8-3-1-2-6-4-11(9(12)13)5-7(6)8;6-3-5-7-4-1-2-4;1-3-2;2*1-2/h5,9,13-16H,2-4,6-8,10-12H2,1H3,(H,18,20);1-3H,4-5H2,(H,12,13);3-4H,1-2H2,(H,5,6);3H,1-2H3;2*1-2H3/b9-5-;;;;;/t14?,15-,16?;;;;;/m1...../s1. The molecule has 10 nitrogen and oxygen atoms in total. The monoisotopic (exact) mass is 711 g/mol. The number of fused-ring (bicyclic) bond motifs is 1. The molecule has 0 bridgehead atoms. The van der Waals surface area contributed by atoms with Gasteiger partial charge in [0.05, 0.1) is 6.54 Å². The first kappa shape index (κ1) is 45.2. The molecule has 2 aliphatic carbocycles. The van der Waals surface area contributed by atoms with Gasteiger partial charge >= 0.3 is 6.09 Å². The molecule has 12 heteroatoms. The number of halogens is 1. The number of carbonyl (C=O) groups excluding carboxylic acids is 3. The summed E-state index contributed by atoms with van der Waals surface area (Å²) >= 11 is 7.44. The van der Waals surface area contributed by atoms with Crippen LogP contribution in [0.25, 0.3) is 0 Å². The van der Waals surface area contributed by atoms with Crippen LogP contribution in [0.2, 0.25) is 5.02 Å². The quantitative estimate of drug-likeness (QED) is 0.0769. The number of nitrogens with one attached hydrogen (secondary N) is 3. The van der Waals surface area contributed by atoms with Crippen molar-refractivity contribution in [3.8, 4) is 0 Å². The highest BCUT2D eigenvalue weighted by Crippen LogP contribution is 2.32. The number of hydrogen-bond donors (Lipinski definition) is 4. The molecule has 2 saturated carbocycles. The van der Waals surface area contributed by atoms with E-state index in [2.05, 4.69) is 34.4 Å². The van der Waals surface area contributed by atoms with Crippen molar-refractivity contribution in [3.63, 3.8) is 0 Å². The molecule has 48 heavy (non-hydrogen) atoms. The Morgan fingerprint density at radius 2 is 1.71 bits per heavy atom. The van der Waals surface area contributed by atoms with Crippen molar-refractivity contribution in [2.24, 2.45) is 5.92 Å². The number of rotatable bonds is 12. The first-order chi connectivity index (χ1) is 23.2. The molecular weight excluding hydrogens is 650 g/mol. The summed E-state index contributed by atoms with van der Waals surface area (Å²) in [5, 5.41) is 15.7. The lowest BCUT2D eigenvalue weighted by molar-refractivity contribution is -0.131. The van der Waals surface area contributed by atoms with E-state index in [4.69, 9.17) is 16.7 Å². The van der Waals surface area contributed by atoms with Crippen LogP contribution >= 0.6 is 23.5 Å². The smallest absolute Gasteiger partial charge is 0.407 e. The maximum absolute atomic E-state index is 12.0. The Labute approximate surface area is 299 Å². The second-order valence-electron chi connectivity index (χ2n) is 11.5. The lowest BCUT2D eigenvalue weighted by atomic mass is 10.1. The highest BCUT2D eigenvalue weighted by Gasteiger charge is 2.34. The average molecular weight is 712 g/mol. The minimum absolute atomic E-state index is 0.344. The predicted molar refractivity (Wildman–Crippen MR) is 200 cm³/mol. The fourth-order valence-corrected chi connectivity index (χ4v) is 5.84. The Morgan fingerprint density at radius 3 is 2.25 bits per heavy atom. The van der Waals surface area contributed by atoms with Crippen molar-refractivity contribution < 1.29 is 24.3 Å². The molecule has 4 aliphatic rings. The number of carbonyl (C=O) groups is 4. The van der Waals surface area contributed by atoms with Crippen LogP contribution in [-0.2, 0) is 27.5 Å². The molecule has 0 spiro atoms. The van der Waals surface area contributed by atoms with Gasteiger partial charge in [-0.15, -0.1) is 0 Å². The van der Waals surface area contributed by atoms with Gasteiger partial charge < -0.3 is 25.4 Å². The van der Waals surface area contributed by atoms with Crippen LogP contribution in [0.3, 0.4) is 0 Å². The summed E-state index contributed by atoms with van der Waals surface area (Å²) in [6, 6.07) is 6.35. The van der Waals surface area contributed by atoms with Crippen molar-refractivity contribution in [1.29, 1.82) is 0 Å². The zero-order chi connectivity index (χ0) is 36.3. The normalized spacial score (nSPS) is 19.5. The summed E-state index contributed by atoms with van der Waals surface area (Å²) in [7, 11) is 3.75. The largest absolute Gasteiger partial charge is 0.465 e. The van der Waals surface area contributed by atoms with E-state index in [1.165, 1.54) is 36.1 Å². The number of hydrogen-bond acceptors (Lipinski definition) is 6. The third-order valence-corrected chi connectivity index (χ3v) is 9.03. The van der Waals surface area contributed by atoms with Crippen LogP contribution in [0.15, 0.2) is 30.4 Å². The molecule has 3 fully saturated rings. The van der Waals surface area contributed by atoms with E-state index in [0.29, 0.717) is 48.4 Å². The summed E-state index contributed by atoms with van der Waals surface area (Å²) in [4.78, 5) is 45.9. The summed E-state index contributed by atoms with van der Waals surface area (Å²) in [5.41, 5.74) is 1.95. The number of likely N-dealkylation sites (tertiary alicyclic amines) is 1. The summed E-state index contributed by atoms with van der Waals surface area (Å²) in [6.07, 6.45) is 16.1. The minimum Gasteiger partial charge on any atom is -0.465 e. The van der Waals surface area contributed by atoms with E-state index in [1.54, 1.807) is 6.07 Å². The molecule has 2 unspecified atom stereocenters. The molecule has 4 N–H and O–H groups in total. The molecule has 1 saturated heterocycles. The highest BCUT2D eigenvalue weighted by atomic mass is 35.5. The van der Waals surface area contributed by atoms with E-state index < -0.39 is 6.09 Å². The molecule has 2 heterocycles. The van der Waals surface area contributed by atoms with Gasteiger partial charge in [0, 0.05) is 41.9 Å². The second-order valence-corrected chi connectivity index (χ2v) is 13.0. The predicted octanol–water partition coefficient (Wildman–Crippen LogP) is 7.40. The van der Waals surface area contributed by atoms with Gasteiger partial charge in [-0.3, -0.25) is 19.3 Å². The van der Waals surface area contributed by atoms with Gasteiger partial charge in [0.15, 0.2) is 0 Å². The molecule has 274 valence electrons. The fourth-order valence-electron chi connectivity index (χ4n) is 4.97. The molecule has 4 amide bonds. The van der Waals surface area contributed by atoms with Crippen molar-refractivity contribution in [3.05, 3.63) is 46.5 Å². The average Bonchev–Trinajstić information content (AvgIpc) is 3.97. The summed E-state index contributed by atoms with van der Waals surface area (Å²) < 4.78 is 2.55. The van der Waals surface area contributed by atoms with Gasteiger partial charge in [-0.05, 0) is 107 Å². The molecule has 1 aromatic rings. The second kappa shape index (κ2) is 28.1. The van der Waals surface area contributed by atoms with Crippen LogP contribution < -0.4 is 15.4 Å². The van der Waals surface area contributed by atoms with Crippen LogP contribution in [0.5, 0.6) is 0 Å². The molecule has 5 rings (SSSR count). The maximum atomic E-state index is 12.0. The van der Waals surface area contributed by atoms with Gasteiger partial charge in [-0.1, -0.05) is 70.0 Å². The lowest BCUT2D eigenvalue weighted by Crippen LogP contribution is -2.33. The van der Waals surface area contributed by atoms with Crippen LogP contribution in [-0.4, -0.2) is 77.7 Å². The minimum atomic E-state index is -0.896. The van der Waals surface area contributed by atoms with Crippen molar-refractivity contribution >= 4 is 48.4 Å². The third-order valence-electron chi connectivity index (χ3n) is 7.64. The van der Waals surface area contributed by atoms with E-state index in [9.17, 15) is 19.2 Å². The molecule has 2 aliphatic heterocycles. The topological polar surface area (TPSA) is 131 Å². The molecule has 0 aromatic heterocycles. The van der Waals surface area contributed by atoms with Crippen LogP contribution in [0.4, 0.5) is 4.79 Å². The Bertz CT molecular complexity index is 1080. The number of unbranched alkanes of at least 4 members (excludes halogenated alkanes) is 3. The number of nitrogens with zero attached hydrogens (tertiary/aromatic N) is 2. The lowest BCUT2D eigenvalue weighted by Gasteiger charge is -2.21. The first-order valence-corrected chi connectivity index (χ1v) is 18.8. The highest BCUT2D eigenvalue weighted by molar-refractivity contribution is 7.98. The summed E-state index contributed by atoms with van der Waals surface area (Å²) in [5.74, 6) is 0.893. The summed E-state index contributed by atoms with van der Waals surface area (Å²) in [6.45, 7) is 12.0.